The third kappa shape index (κ3) is 10.4. The van der Waals surface area contributed by atoms with Gasteiger partial charge in [0.05, 0.1) is 19.8 Å². The first-order valence-electron chi connectivity index (χ1n) is 4.29. The van der Waals surface area contributed by atoms with Crippen LogP contribution in [0.25, 0.3) is 0 Å². The van der Waals surface area contributed by atoms with Gasteiger partial charge in [0.25, 0.3) is 0 Å². The Morgan fingerprint density at radius 1 is 1.80 bits per heavy atom. The highest BCUT2D eigenvalue weighted by Gasteiger charge is 2.19. The van der Waals surface area contributed by atoms with Crippen molar-refractivity contribution < 1.29 is 24.2 Å². The summed E-state index contributed by atoms with van der Waals surface area (Å²) in [7, 11) is 0. The number of carbonyl (C=O) groups excluding carboxylic acids is 2. The number of nitrogens with zero attached hydrogens (tertiary/aromatic N) is 1. The Morgan fingerprint density at radius 3 is 2.80 bits per heavy atom. The van der Waals surface area contributed by atoms with Crippen molar-refractivity contribution in [2.75, 3.05) is 26.4 Å². The lowest BCUT2D eigenvalue weighted by Crippen LogP contribution is -2.03. The van der Waals surface area contributed by atoms with Crippen LogP contribution in [0.15, 0.2) is 17.6 Å². The highest BCUT2D eigenvalue weighted by Crippen LogP contribution is 2.04. The van der Waals surface area contributed by atoms with Crippen LogP contribution in [-0.2, 0) is 19.1 Å². The highest BCUT2D eigenvalue weighted by molar-refractivity contribution is 5.81. The molecule has 1 fully saturated rings. The minimum Gasteiger partial charge on any atom is -0.461 e. The van der Waals surface area contributed by atoms with E-state index in [1.165, 1.54) is 6.08 Å². The molecule has 1 unspecified atom stereocenters. The Labute approximate surface area is 87.2 Å². The summed E-state index contributed by atoms with van der Waals surface area (Å²) in [5.74, 6) is -0.513. The number of ether oxygens (including phenoxy) is 2. The minimum absolute atomic E-state index is 0.0973. The van der Waals surface area contributed by atoms with Crippen LogP contribution in [0.2, 0.25) is 0 Å². The molecule has 1 aliphatic heterocycles. The van der Waals surface area contributed by atoms with E-state index in [1.54, 1.807) is 0 Å². The van der Waals surface area contributed by atoms with Crippen LogP contribution in [-0.4, -0.2) is 49.6 Å². The second-order valence-corrected chi connectivity index (χ2v) is 2.48. The smallest absolute Gasteiger partial charge is 0.330 e. The molecular formula is C9H13NO5. The van der Waals surface area contributed by atoms with E-state index in [0.717, 1.165) is 12.7 Å². The van der Waals surface area contributed by atoms with E-state index in [0.29, 0.717) is 0 Å². The summed E-state index contributed by atoms with van der Waals surface area (Å²) in [5.41, 5.74) is 0. The third-order valence-electron chi connectivity index (χ3n) is 1.28. The number of aliphatic hydroxyl groups excluding tert-OH is 1. The SMILES string of the molecule is C=CC(=O)OCCN=C=O.OCC1CO1. The number of esters is 1. The van der Waals surface area contributed by atoms with Gasteiger partial charge in [0, 0.05) is 6.08 Å². The molecule has 0 saturated carbocycles. The molecule has 6 heteroatoms. The number of carbonyl (C=O) groups is 1. The zero-order chi connectivity index (χ0) is 11.5. The Hall–Kier alpha value is -1.49. The van der Waals surface area contributed by atoms with Crippen LogP contribution in [0.3, 0.4) is 0 Å². The van der Waals surface area contributed by atoms with Crippen LogP contribution in [0.4, 0.5) is 0 Å². The first-order valence-corrected chi connectivity index (χ1v) is 4.29. The lowest BCUT2D eigenvalue weighted by atomic mass is 10.5. The molecule has 84 valence electrons. The summed E-state index contributed by atoms with van der Waals surface area (Å²) in [6, 6.07) is 0. The van der Waals surface area contributed by atoms with Crippen LogP contribution in [0, 0.1) is 0 Å². The van der Waals surface area contributed by atoms with Crippen molar-refractivity contribution in [3.63, 3.8) is 0 Å². The number of isocyanates is 1. The molecule has 6 nitrogen and oxygen atoms in total. The maximum atomic E-state index is 10.3. The standard InChI is InChI=1S/C6H7NO3.C3H6O2/c1-2-6(9)10-4-3-7-5-8;4-1-3-2-5-3/h2H,1,3-4H2;3-4H,1-2H2. The van der Waals surface area contributed by atoms with Gasteiger partial charge in [-0.05, 0) is 0 Å². The minimum atomic E-state index is -0.513. The predicted molar refractivity (Wildman–Crippen MR) is 51.0 cm³/mol. The highest BCUT2D eigenvalue weighted by atomic mass is 16.6. The van der Waals surface area contributed by atoms with Gasteiger partial charge in [-0.25, -0.2) is 14.6 Å². The average molecular weight is 215 g/mol. The van der Waals surface area contributed by atoms with Crippen molar-refractivity contribution in [2.24, 2.45) is 4.99 Å². The van der Waals surface area contributed by atoms with E-state index in [-0.39, 0.29) is 25.9 Å². The fraction of sp³-hybridized carbons (Fsp3) is 0.556. The van der Waals surface area contributed by atoms with Crippen molar-refractivity contribution >= 4 is 12.0 Å². The molecule has 0 aromatic heterocycles. The van der Waals surface area contributed by atoms with Gasteiger partial charge in [0.2, 0.25) is 6.08 Å². The number of epoxide rings is 1. The first-order chi connectivity index (χ1) is 7.24. The van der Waals surface area contributed by atoms with Gasteiger partial charge in [0.1, 0.15) is 12.7 Å². The van der Waals surface area contributed by atoms with Crippen molar-refractivity contribution in [1.29, 1.82) is 0 Å². The van der Waals surface area contributed by atoms with Crippen LogP contribution < -0.4 is 0 Å². The summed E-state index contributed by atoms with van der Waals surface area (Å²) < 4.78 is 9.07. The fourth-order valence-corrected chi connectivity index (χ4v) is 0.470. The first kappa shape index (κ1) is 13.5. The van der Waals surface area contributed by atoms with E-state index in [1.807, 2.05) is 0 Å². The molecule has 0 radical (unpaired) electrons. The van der Waals surface area contributed by atoms with Crippen molar-refractivity contribution in [3.05, 3.63) is 12.7 Å². The summed E-state index contributed by atoms with van der Waals surface area (Å²) in [6.07, 6.45) is 2.55. The predicted octanol–water partition coefficient (Wildman–Crippen LogP) is -0.571. The number of hydrogen-bond donors (Lipinski definition) is 1. The molecule has 1 rings (SSSR count). The normalized spacial score (nSPS) is 16.5. The molecule has 0 aromatic carbocycles. The van der Waals surface area contributed by atoms with Crippen molar-refractivity contribution in [1.82, 2.24) is 0 Å². The Balaban J connectivity index is 0.000000322. The Kier molecular flexibility index (Phi) is 8.18. The lowest BCUT2D eigenvalue weighted by Gasteiger charge is -1.94. The zero-order valence-electron chi connectivity index (χ0n) is 8.22. The molecule has 1 N–H and O–H groups in total. The summed E-state index contributed by atoms with van der Waals surface area (Å²) in [5, 5.41) is 8.08. The quantitative estimate of drug-likeness (QED) is 0.166. The molecular weight excluding hydrogens is 202 g/mol. The molecule has 0 aromatic rings. The average Bonchev–Trinajstić information content (AvgIpc) is 3.08. The summed E-state index contributed by atoms with van der Waals surface area (Å²) in [4.78, 5) is 22.9. The topological polar surface area (TPSA) is 88.5 Å². The van der Waals surface area contributed by atoms with Crippen LogP contribution >= 0.6 is 0 Å². The van der Waals surface area contributed by atoms with Gasteiger partial charge >= 0.3 is 5.97 Å². The van der Waals surface area contributed by atoms with Gasteiger partial charge in [0.15, 0.2) is 0 Å². The van der Waals surface area contributed by atoms with E-state index in [9.17, 15) is 9.59 Å². The van der Waals surface area contributed by atoms with Gasteiger partial charge < -0.3 is 14.6 Å². The van der Waals surface area contributed by atoms with Gasteiger partial charge in [-0.1, -0.05) is 6.58 Å². The van der Waals surface area contributed by atoms with Crippen molar-refractivity contribution in [3.8, 4) is 0 Å². The molecule has 0 spiro atoms. The van der Waals surface area contributed by atoms with Gasteiger partial charge in [-0.2, -0.15) is 0 Å². The zero-order valence-corrected chi connectivity index (χ0v) is 8.22. The second kappa shape index (κ2) is 9.08. The molecule has 0 aliphatic carbocycles. The molecule has 0 bridgehead atoms. The number of hydrogen-bond acceptors (Lipinski definition) is 6. The maximum Gasteiger partial charge on any atom is 0.330 e. The van der Waals surface area contributed by atoms with Crippen LogP contribution in [0.1, 0.15) is 0 Å². The Bertz CT molecular complexity index is 243. The molecule has 1 saturated heterocycles. The number of aliphatic hydroxyl groups is 1. The van der Waals surface area contributed by atoms with E-state index in [2.05, 4.69) is 21.0 Å². The van der Waals surface area contributed by atoms with Gasteiger partial charge in [-0.3, -0.25) is 0 Å². The molecule has 1 atom stereocenters. The lowest BCUT2D eigenvalue weighted by molar-refractivity contribution is -0.137. The third-order valence-corrected chi connectivity index (χ3v) is 1.28. The molecule has 1 heterocycles. The molecule has 15 heavy (non-hydrogen) atoms. The van der Waals surface area contributed by atoms with Crippen molar-refractivity contribution in [2.45, 2.75) is 6.10 Å². The van der Waals surface area contributed by atoms with E-state index < -0.39 is 5.97 Å². The van der Waals surface area contributed by atoms with Crippen LogP contribution in [0.5, 0.6) is 0 Å². The van der Waals surface area contributed by atoms with E-state index in [4.69, 9.17) is 5.11 Å². The second-order valence-electron chi connectivity index (χ2n) is 2.48. The largest absolute Gasteiger partial charge is 0.461 e. The fourth-order valence-electron chi connectivity index (χ4n) is 0.470. The summed E-state index contributed by atoms with van der Waals surface area (Å²) in [6.45, 7) is 4.39. The number of aliphatic imine (C=N–C) groups is 1. The maximum absolute atomic E-state index is 10.3. The molecule has 0 amide bonds. The van der Waals surface area contributed by atoms with E-state index >= 15 is 0 Å². The Morgan fingerprint density at radius 2 is 2.47 bits per heavy atom. The summed E-state index contributed by atoms with van der Waals surface area (Å²) >= 11 is 0. The van der Waals surface area contributed by atoms with Gasteiger partial charge in [-0.15, -0.1) is 0 Å². The monoisotopic (exact) mass is 215 g/mol. The number of rotatable bonds is 5. The molecule has 1 aliphatic rings.